The van der Waals surface area contributed by atoms with Gasteiger partial charge in [-0.15, -0.1) is 0 Å². The maximum absolute atomic E-state index is 11.4. The van der Waals surface area contributed by atoms with Crippen LogP contribution in [0, 0.1) is 0 Å². The maximum atomic E-state index is 11.4. The lowest BCUT2D eigenvalue weighted by Crippen LogP contribution is -2.41. The zero-order valence-corrected chi connectivity index (χ0v) is 14.4. The van der Waals surface area contributed by atoms with Crippen LogP contribution in [0.5, 0.6) is 0 Å². The predicted molar refractivity (Wildman–Crippen MR) is 89.7 cm³/mol. The van der Waals surface area contributed by atoms with E-state index >= 15 is 0 Å². The summed E-state index contributed by atoms with van der Waals surface area (Å²) >= 11 is 0. The van der Waals surface area contributed by atoms with Crippen molar-refractivity contribution in [2.24, 2.45) is 0 Å². The minimum absolute atomic E-state index is 0.362. The normalized spacial score (nSPS) is 10.5. The van der Waals surface area contributed by atoms with E-state index in [1.165, 1.54) is 51.4 Å². The summed E-state index contributed by atoms with van der Waals surface area (Å²) in [6.45, 7) is 3.59. The molecule has 0 aliphatic heterocycles. The number of nitrogens with one attached hydrogen (secondary N) is 2. The van der Waals surface area contributed by atoms with Crippen LogP contribution in [0.15, 0.2) is 0 Å². The second kappa shape index (κ2) is 16.3. The highest BCUT2D eigenvalue weighted by molar-refractivity contribution is 6.35. The molecule has 0 aliphatic carbocycles. The summed E-state index contributed by atoms with van der Waals surface area (Å²) in [4.78, 5) is 22.8. The van der Waals surface area contributed by atoms with Crippen molar-refractivity contribution in [3.8, 4) is 0 Å². The van der Waals surface area contributed by atoms with Gasteiger partial charge in [0, 0.05) is 20.2 Å². The fourth-order valence-corrected chi connectivity index (χ4v) is 2.24. The Kier molecular flexibility index (Phi) is 15.5. The monoisotopic (exact) mass is 314 g/mol. The fourth-order valence-electron chi connectivity index (χ4n) is 2.24. The van der Waals surface area contributed by atoms with Gasteiger partial charge in [-0.3, -0.25) is 9.59 Å². The number of hydrogen-bond donors (Lipinski definition) is 2. The first-order chi connectivity index (χ1) is 10.7. The van der Waals surface area contributed by atoms with Crippen LogP contribution in [0.2, 0.25) is 0 Å². The van der Waals surface area contributed by atoms with E-state index in [9.17, 15) is 9.59 Å². The molecule has 0 radical (unpaired) electrons. The van der Waals surface area contributed by atoms with E-state index in [4.69, 9.17) is 4.74 Å². The average molecular weight is 314 g/mol. The van der Waals surface area contributed by atoms with Crippen LogP contribution in [0.4, 0.5) is 0 Å². The van der Waals surface area contributed by atoms with Crippen molar-refractivity contribution in [2.75, 3.05) is 26.8 Å². The summed E-state index contributed by atoms with van der Waals surface area (Å²) in [6, 6.07) is 0. The first kappa shape index (κ1) is 20.9. The fraction of sp³-hybridized carbons (Fsp3) is 0.882. The van der Waals surface area contributed by atoms with Crippen molar-refractivity contribution in [3.63, 3.8) is 0 Å². The minimum Gasteiger partial charge on any atom is -0.383 e. The van der Waals surface area contributed by atoms with Crippen LogP contribution in [-0.2, 0) is 14.3 Å². The van der Waals surface area contributed by atoms with Crippen LogP contribution in [0.1, 0.15) is 71.1 Å². The average Bonchev–Trinajstić information content (AvgIpc) is 2.52. The summed E-state index contributed by atoms with van der Waals surface area (Å²) in [6.07, 6.45) is 12.6. The van der Waals surface area contributed by atoms with Gasteiger partial charge in [-0.25, -0.2) is 0 Å². The summed E-state index contributed by atoms with van der Waals surface area (Å²) < 4.78 is 4.80. The number of carbonyl (C=O) groups is 2. The van der Waals surface area contributed by atoms with Crippen molar-refractivity contribution in [2.45, 2.75) is 71.1 Å². The molecular weight excluding hydrogens is 280 g/mol. The van der Waals surface area contributed by atoms with E-state index in [-0.39, 0.29) is 0 Å². The lowest BCUT2D eigenvalue weighted by atomic mass is 10.1. The number of unbranched alkanes of at least 4 members (excludes halogenated alkanes) is 9. The highest BCUT2D eigenvalue weighted by Gasteiger charge is 2.11. The van der Waals surface area contributed by atoms with E-state index < -0.39 is 11.8 Å². The largest absolute Gasteiger partial charge is 0.383 e. The molecule has 0 aromatic heterocycles. The standard InChI is InChI=1S/C17H34N2O3/c1-3-4-5-6-7-8-9-10-11-12-13-18-16(20)17(21)19-14-15-22-2/h3-15H2,1-2H3,(H,18,20)(H,19,21). The Morgan fingerprint density at radius 1 is 0.727 bits per heavy atom. The van der Waals surface area contributed by atoms with E-state index in [1.54, 1.807) is 7.11 Å². The number of carbonyl (C=O) groups excluding carboxylic acids is 2. The van der Waals surface area contributed by atoms with Crippen molar-refractivity contribution in [3.05, 3.63) is 0 Å². The molecule has 22 heavy (non-hydrogen) atoms. The molecule has 0 aromatic carbocycles. The van der Waals surface area contributed by atoms with Gasteiger partial charge in [-0.05, 0) is 6.42 Å². The molecule has 2 N–H and O–H groups in total. The Hall–Kier alpha value is -1.10. The number of hydrogen-bond acceptors (Lipinski definition) is 3. The van der Waals surface area contributed by atoms with Gasteiger partial charge in [0.1, 0.15) is 0 Å². The molecule has 0 bridgehead atoms. The van der Waals surface area contributed by atoms with Crippen LogP contribution >= 0.6 is 0 Å². The van der Waals surface area contributed by atoms with Gasteiger partial charge in [0.15, 0.2) is 0 Å². The van der Waals surface area contributed by atoms with Gasteiger partial charge in [0.05, 0.1) is 6.61 Å². The molecule has 130 valence electrons. The smallest absolute Gasteiger partial charge is 0.309 e. The van der Waals surface area contributed by atoms with Crippen molar-refractivity contribution in [1.29, 1.82) is 0 Å². The second-order valence-electron chi connectivity index (χ2n) is 5.69. The van der Waals surface area contributed by atoms with Crippen molar-refractivity contribution < 1.29 is 14.3 Å². The Morgan fingerprint density at radius 3 is 1.68 bits per heavy atom. The quantitative estimate of drug-likeness (QED) is 0.383. The van der Waals surface area contributed by atoms with Gasteiger partial charge in [0.25, 0.3) is 0 Å². The predicted octanol–water partition coefficient (Wildman–Crippen LogP) is 2.79. The molecule has 0 fully saturated rings. The van der Waals surface area contributed by atoms with Gasteiger partial charge < -0.3 is 15.4 Å². The highest BCUT2D eigenvalue weighted by Crippen LogP contribution is 2.10. The van der Waals surface area contributed by atoms with Crippen LogP contribution < -0.4 is 10.6 Å². The van der Waals surface area contributed by atoms with Crippen molar-refractivity contribution in [1.82, 2.24) is 10.6 Å². The minimum atomic E-state index is -0.580. The van der Waals surface area contributed by atoms with Gasteiger partial charge in [-0.2, -0.15) is 0 Å². The summed E-state index contributed by atoms with van der Waals surface area (Å²) in [7, 11) is 1.55. The first-order valence-electron chi connectivity index (χ1n) is 8.77. The zero-order chi connectivity index (χ0) is 16.5. The van der Waals surface area contributed by atoms with E-state index in [2.05, 4.69) is 17.6 Å². The Bertz CT molecular complexity index is 283. The molecule has 0 saturated carbocycles. The number of ether oxygens (including phenoxy) is 1. The third-order valence-electron chi connectivity index (χ3n) is 3.61. The highest BCUT2D eigenvalue weighted by atomic mass is 16.5. The molecule has 0 saturated heterocycles. The topological polar surface area (TPSA) is 67.4 Å². The van der Waals surface area contributed by atoms with Gasteiger partial charge in [0.2, 0.25) is 0 Å². The zero-order valence-electron chi connectivity index (χ0n) is 14.4. The van der Waals surface area contributed by atoms with Crippen LogP contribution in [0.3, 0.4) is 0 Å². The Morgan fingerprint density at radius 2 is 1.18 bits per heavy atom. The molecule has 2 amide bonds. The van der Waals surface area contributed by atoms with Crippen molar-refractivity contribution >= 4 is 11.8 Å². The third kappa shape index (κ3) is 13.9. The van der Waals surface area contributed by atoms with E-state index in [1.807, 2.05) is 0 Å². The second-order valence-corrected chi connectivity index (χ2v) is 5.69. The Labute approximate surface area is 135 Å². The molecule has 0 atom stereocenters. The molecule has 0 aliphatic rings. The molecule has 0 aromatic rings. The molecule has 0 rings (SSSR count). The molecule has 0 unspecified atom stereocenters. The molecule has 5 nitrogen and oxygen atoms in total. The summed E-state index contributed by atoms with van der Waals surface area (Å²) in [5.74, 6) is -1.13. The molecule has 0 spiro atoms. The summed E-state index contributed by atoms with van der Waals surface area (Å²) in [5.41, 5.74) is 0. The SMILES string of the molecule is CCCCCCCCCCCCNC(=O)C(=O)NCCOC. The van der Waals surface area contributed by atoms with E-state index in [0.29, 0.717) is 19.7 Å². The number of rotatable bonds is 14. The van der Waals surface area contributed by atoms with Gasteiger partial charge >= 0.3 is 11.8 Å². The molecule has 0 heterocycles. The van der Waals surface area contributed by atoms with E-state index in [0.717, 1.165) is 12.8 Å². The summed E-state index contributed by atoms with van der Waals surface area (Å²) in [5, 5.41) is 5.14. The number of methoxy groups -OCH3 is 1. The molecular formula is C17H34N2O3. The van der Waals surface area contributed by atoms with Gasteiger partial charge in [-0.1, -0.05) is 64.7 Å². The lowest BCUT2D eigenvalue weighted by Gasteiger charge is -2.06. The third-order valence-corrected chi connectivity index (χ3v) is 3.61. The Balaban J connectivity index is 3.28. The maximum Gasteiger partial charge on any atom is 0.309 e. The molecule has 5 heteroatoms. The number of amides is 2. The van der Waals surface area contributed by atoms with Crippen LogP contribution in [0.25, 0.3) is 0 Å². The lowest BCUT2D eigenvalue weighted by molar-refractivity contribution is -0.139. The first-order valence-corrected chi connectivity index (χ1v) is 8.77. The van der Waals surface area contributed by atoms with Crippen LogP contribution in [-0.4, -0.2) is 38.6 Å².